The fraction of sp³-hybridized carbons (Fsp3) is 0.316. The SMILES string of the molecule is Cc1ccc(Nc2cc(F)cc(OCCCC(O)CO)c2C#N)c(F)c1. The predicted octanol–water partition coefficient (Wildman–Crippen LogP) is 3.40. The van der Waals surface area contributed by atoms with E-state index in [2.05, 4.69) is 5.32 Å². The van der Waals surface area contributed by atoms with Gasteiger partial charge in [0.1, 0.15) is 29.0 Å². The van der Waals surface area contributed by atoms with Crippen molar-refractivity contribution in [3.63, 3.8) is 0 Å². The minimum Gasteiger partial charge on any atom is -0.492 e. The lowest BCUT2D eigenvalue weighted by Crippen LogP contribution is -2.13. The van der Waals surface area contributed by atoms with E-state index in [1.165, 1.54) is 12.1 Å². The highest BCUT2D eigenvalue weighted by molar-refractivity contribution is 5.70. The molecule has 0 fully saturated rings. The number of benzene rings is 2. The molecule has 0 heterocycles. The van der Waals surface area contributed by atoms with Crippen LogP contribution in [0.1, 0.15) is 24.0 Å². The zero-order chi connectivity index (χ0) is 19.1. The van der Waals surface area contributed by atoms with Crippen molar-refractivity contribution in [2.24, 2.45) is 0 Å². The van der Waals surface area contributed by atoms with Gasteiger partial charge in [0, 0.05) is 6.07 Å². The van der Waals surface area contributed by atoms with Gasteiger partial charge in [-0.2, -0.15) is 5.26 Å². The molecule has 2 aromatic carbocycles. The molecule has 5 nitrogen and oxygen atoms in total. The topological polar surface area (TPSA) is 85.5 Å². The summed E-state index contributed by atoms with van der Waals surface area (Å²) in [6.07, 6.45) is -0.116. The summed E-state index contributed by atoms with van der Waals surface area (Å²) in [4.78, 5) is 0. The Morgan fingerprint density at radius 2 is 2.00 bits per heavy atom. The van der Waals surface area contributed by atoms with E-state index in [9.17, 15) is 19.1 Å². The molecule has 0 bridgehead atoms. The summed E-state index contributed by atoms with van der Waals surface area (Å²) in [5, 5.41) is 30.2. The smallest absolute Gasteiger partial charge is 0.146 e. The highest BCUT2D eigenvalue weighted by atomic mass is 19.1. The molecule has 0 aliphatic heterocycles. The lowest BCUT2D eigenvalue weighted by Gasteiger charge is -2.14. The third-order valence-corrected chi connectivity index (χ3v) is 3.72. The number of aryl methyl sites for hydroxylation is 1. The molecule has 0 aliphatic carbocycles. The van der Waals surface area contributed by atoms with Crippen LogP contribution in [0.15, 0.2) is 30.3 Å². The van der Waals surface area contributed by atoms with E-state index in [-0.39, 0.29) is 35.9 Å². The van der Waals surface area contributed by atoms with Crippen LogP contribution in [0.5, 0.6) is 5.75 Å². The third-order valence-electron chi connectivity index (χ3n) is 3.72. The number of nitriles is 1. The van der Waals surface area contributed by atoms with Gasteiger partial charge < -0.3 is 20.3 Å². The van der Waals surface area contributed by atoms with E-state index in [0.29, 0.717) is 12.8 Å². The fourth-order valence-electron chi connectivity index (χ4n) is 2.37. The average molecular weight is 362 g/mol. The number of halogens is 2. The van der Waals surface area contributed by atoms with Gasteiger partial charge in [0.25, 0.3) is 0 Å². The van der Waals surface area contributed by atoms with Crippen LogP contribution in [-0.4, -0.2) is 29.5 Å². The number of nitrogens with one attached hydrogen (secondary N) is 1. The Balaban J connectivity index is 2.19. The second kappa shape index (κ2) is 9.13. The van der Waals surface area contributed by atoms with Gasteiger partial charge in [-0.15, -0.1) is 0 Å². The third kappa shape index (κ3) is 5.15. The maximum atomic E-state index is 14.0. The van der Waals surface area contributed by atoms with Crippen LogP contribution in [0.3, 0.4) is 0 Å². The second-order valence-electron chi connectivity index (χ2n) is 5.87. The minimum atomic E-state index is -0.844. The quantitative estimate of drug-likeness (QED) is 0.627. The molecule has 26 heavy (non-hydrogen) atoms. The van der Waals surface area contributed by atoms with Crippen LogP contribution in [0.25, 0.3) is 0 Å². The van der Waals surface area contributed by atoms with E-state index >= 15 is 0 Å². The van der Waals surface area contributed by atoms with Gasteiger partial charge in [0.2, 0.25) is 0 Å². The van der Waals surface area contributed by atoms with E-state index in [1.807, 2.05) is 6.07 Å². The standard InChI is InChI=1S/C19H20F2N2O3/c1-12-4-5-17(16(21)7-12)23-18-8-13(20)9-19(15(18)10-22)26-6-2-3-14(25)11-24/h4-5,7-9,14,23-25H,2-3,6,11H2,1H3. The predicted molar refractivity (Wildman–Crippen MR) is 93.4 cm³/mol. The monoisotopic (exact) mass is 362 g/mol. The van der Waals surface area contributed by atoms with Gasteiger partial charge in [-0.3, -0.25) is 0 Å². The Labute approximate surface area is 150 Å². The van der Waals surface area contributed by atoms with Gasteiger partial charge in [0.05, 0.1) is 30.7 Å². The van der Waals surface area contributed by atoms with Crippen LogP contribution in [0, 0.1) is 29.9 Å². The van der Waals surface area contributed by atoms with Crippen molar-refractivity contribution in [1.29, 1.82) is 5.26 Å². The van der Waals surface area contributed by atoms with Gasteiger partial charge in [-0.25, -0.2) is 8.78 Å². The summed E-state index contributed by atoms with van der Waals surface area (Å²) in [5.41, 5.74) is 1.01. The van der Waals surface area contributed by atoms with Crippen molar-refractivity contribution in [3.8, 4) is 11.8 Å². The zero-order valence-corrected chi connectivity index (χ0v) is 14.3. The largest absolute Gasteiger partial charge is 0.492 e. The number of aliphatic hydroxyl groups is 2. The first-order chi connectivity index (χ1) is 12.4. The number of hydrogen-bond donors (Lipinski definition) is 3. The number of rotatable bonds is 8. The highest BCUT2D eigenvalue weighted by Gasteiger charge is 2.14. The second-order valence-corrected chi connectivity index (χ2v) is 5.87. The molecule has 0 saturated carbocycles. The van der Waals surface area contributed by atoms with Crippen molar-refractivity contribution in [2.45, 2.75) is 25.9 Å². The van der Waals surface area contributed by atoms with Gasteiger partial charge >= 0.3 is 0 Å². The number of nitrogens with zero attached hydrogens (tertiary/aromatic N) is 1. The van der Waals surface area contributed by atoms with Crippen LogP contribution >= 0.6 is 0 Å². The first-order valence-electron chi connectivity index (χ1n) is 8.13. The summed E-state index contributed by atoms with van der Waals surface area (Å²) in [7, 11) is 0. The maximum absolute atomic E-state index is 14.0. The number of hydrogen-bond acceptors (Lipinski definition) is 5. The molecule has 1 atom stereocenters. The molecular formula is C19H20F2N2O3. The normalized spacial score (nSPS) is 11.7. The lowest BCUT2D eigenvalue weighted by atomic mass is 10.1. The maximum Gasteiger partial charge on any atom is 0.146 e. The number of anilines is 2. The first-order valence-corrected chi connectivity index (χ1v) is 8.13. The Morgan fingerprint density at radius 3 is 2.65 bits per heavy atom. The van der Waals surface area contributed by atoms with E-state index < -0.39 is 17.7 Å². The van der Waals surface area contributed by atoms with Crippen LogP contribution < -0.4 is 10.1 Å². The molecule has 0 spiro atoms. The summed E-state index contributed by atoms with van der Waals surface area (Å²) in [6, 6.07) is 8.65. The van der Waals surface area contributed by atoms with E-state index in [0.717, 1.165) is 17.7 Å². The van der Waals surface area contributed by atoms with Gasteiger partial charge in [-0.05, 0) is 43.5 Å². The number of ether oxygens (including phenoxy) is 1. The molecular weight excluding hydrogens is 342 g/mol. The minimum absolute atomic E-state index is 0.0287. The molecule has 0 radical (unpaired) electrons. The van der Waals surface area contributed by atoms with E-state index in [1.54, 1.807) is 13.0 Å². The molecule has 0 saturated heterocycles. The molecule has 138 valence electrons. The Hall–Kier alpha value is -2.69. The molecule has 2 aromatic rings. The number of aliphatic hydroxyl groups excluding tert-OH is 2. The first kappa shape index (κ1) is 19.6. The van der Waals surface area contributed by atoms with Crippen LogP contribution in [0.4, 0.5) is 20.2 Å². The molecule has 0 amide bonds. The summed E-state index contributed by atoms with van der Waals surface area (Å²) in [6.45, 7) is 1.53. The molecule has 1 unspecified atom stereocenters. The average Bonchev–Trinajstić information content (AvgIpc) is 2.60. The van der Waals surface area contributed by atoms with Crippen LogP contribution in [0.2, 0.25) is 0 Å². The zero-order valence-electron chi connectivity index (χ0n) is 14.3. The van der Waals surface area contributed by atoms with Crippen molar-refractivity contribution in [1.82, 2.24) is 0 Å². The molecule has 7 heteroatoms. The molecule has 0 aromatic heterocycles. The van der Waals surface area contributed by atoms with Crippen molar-refractivity contribution in [2.75, 3.05) is 18.5 Å². The highest BCUT2D eigenvalue weighted by Crippen LogP contribution is 2.31. The van der Waals surface area contributed by atoms with Gasteiger partial charge in [0.15, 0.2) is 0 Å². The molecule has 3 N–H and O–H groups in total. The van der Waals surface area contributed by atoms with E-state index in [4.69, 9.17) is 9.84 Å². The van der Waals surface area contributed by atoms with Crippen molar-refractivity contribution < 1.29 is 23.7 Å². The summed E-state index contributed by atoms with van der Waals surface area (Å²) >= 11 is 0. The molecule has 2 rings (SSSR count). The van der Waals surface area contributed by atoms with Gasteiger partial charge in [-0.1, -0.05) is 6.07 Å². The molecule has 0 aliphatic rings. The fourth-order valence-corrected chi connectivity index (χ4v) is 2.37. The van der Waals surface area contributed by atoms with Crippen LogP contribution in [-0.2, 0) is 0 Å². The summed E-state index contributed by atoms with van der Waals surface area (Å²) < 4.78 is 33.4. The lowest BCUT2D eigenvalue weighted by molar-refractivity contribution is 0.0827. The summed E-state index contributed by atoms with van der Waals surface area (Å²) in [5.74, 6) is -1.12. The Bertz CT molecular complexity index is 806. The Morgan fingerprint density at radius 1 is 1.23 bits per heavy atom. The van der Waals surface area contributed by atoms with Crippen molar-refractivity contribution >= 4 is 11.4 Å². The Kier molecular flexibility index (Phi) is 6.89. The van der Waals surface area contributed by atoms with Crippen molar-refractivity contribution in [3.05, 3.63) is 53.1 Å².